The van der Waals surface area contributed by atoms with Gasteiger partial charge in [-0.2, -0.15) is 0 Å². The van der Waals surface area contributed by atoms with E-state index in [9.17, 15) is 0 Å². The average Bonchev–Trinajstić information content (AvgIpc) is 2.70. The Kier molecular flexibility index (Phi) is 5.27. The molecule has 3 N–H and O–H groups in total. The molecule has 1 aliphatic heterocycles. The van der Waals surface area contributed by atoms with Crippen molar-refractivity contribution in [1.82, 2.24) is 10.2 Å². The molecule has 1 atom stereocenters. The molecule has 1 unspecified atom stereocenters. The zero-order chi connectivity index (χ0) is 12.0. The minimum Gasteiger partial charge on any atom is -0.329 e. The minimum atomic E-state index is 0.125. The third-order valence-corrected chi connectivity index (χ3v) is 3.43. The second kappa shape index (κ2) is 6.24. The van der Waals surface area contributed by atoms with Crippen molar-refractivity contribution in [2.45, 2.75) is 45.2 Å². The van der Waals surface area contributed by atoms with Crippen LogP contribution in [-0.2, 0) is 0 Å². The molecule has 0 saturated carbocycles. The van der Waals surface area contributed by atoms with Gasteiger partial charge in [0.1, 0.15) is 0 Å². The summed E-state index contributed by atoms with van der Waals surface area (Å²) >= 11 is 0. The third-order valence-electron chi connectivity index (χ3n) is 3.43. The number of likely N-dealkylation sites (tertiary alicyclic amines) is 1. The molecule has 1 heterocycles. The molecule has 1 aliphatic rings. The van der Waals surface area contributed by atoms with Gasteiger partial charge in [-0.1, -0.05) is 0 Å². The second-order valence-electron chi connectivity index (χ2n) is 4.90. The maximum absolute atomic E-state index is 5.92. The number of nitrogens with two attached hydrogens (primary N) is 1. The highest BCUT2D eigenvalue weighted by Gasteiger charge is 2.36. The van der Waals surface area contributed by atoms with Gasteiger partial charge in [0.2, 0.25) is 0 Å². The summed E-state index contributed by atoms with van der Waals surface area (Å²) in [4.78, 5) is 2.49. The molecule has 3 nitrogen and oxygen atoms in total. The highest BCUT2D eigenvalue weighted by atomic mass is 15.2. The Balaban J connectivity index is 2.42. The zero-order valence-electron chi connectivity index (χ0n) is 10.8. The normalized spacial score (nSPS) is 25.8. The van der Waals surface area contributed by atoms with E-state index in [0.29, 0.717) is 6.04 Å². The summed E-state index contributed by atoms with van der Waals surface area (Å²) in [6, 6.07) is 0.616. The van der Waals surface area contributed by atoms with Crippen molar-refractivity contribution in [2.75, 3.05) is 26.2 Å². The molecule has 0 amide bonds. The molecule has 3 heteroatoms. The van der Waals surface area contributed by atoms with Gasteiger partial charge in [-0.25, -0.2) is 0 Å². The number of rotatable bonds is 5. The van der Waals surface area contributed by atoms with Crippen LogP contribution in [0.25, 0.3) is 0 Å². The van der Waals surface area contributed by atoms with E-state index in [1.54, 1.807) is 0 Å². The first-order chi connectivity index (χ1) is 7.63. The second-order valence-corrected chi connectivity index (χ2v) is 4.90. The largest absolute Gasteiger partial charge is 0.329 e. The number of hydrogen-bond acceptors (Lipinski definition) is 3. The maximum atomic E-state index is 5.92. The lowest BCUT2D eigenvalue weighted by molar-refractivity contribution is 0.242. The number of nitrogens with one attached hydrogen (secondary N) is 1. The topological polar surface area (TPSA) is 41.3 Å². The van der Waals surface area contributed by atoms with Crippen LogP contribution in [0.2, 0.25) is 0 Å². The summed E-state index contributed by atoms with van der Waals surface area (Å²) in [5, 5.41) is 3.60. The van der Waals surface area contributed by atoms with Crippen LogP contribution >= 0.6 is 0 Å². The fourth-order valence-electron chi connectivity index (χ4n) is 2.24. The van der Waals surface area contributed by atoms with E-state index < -0.39 is 0 Å². The molecule has 92 valence electrons. The molecule has 0 radical (unpaired) electrons. The van der Waals surface area contributed by atoms with Gasteiger partial charge in [0.15, 0.2) is 0 Å². The lowest BCUT2D eigenvalue weighted by atomic mass is 9.98. The zero-order valence-corrected chi connectivity index (χ0v) is 10.8. The Hall–Kier alpha value is -0.560. The summed E-state index contributed by atoms with van der Waals surface area (Å²) in [6.07, 6.45) is 2.07. The van der Waals surface area contributed by atoms with Crippen LogP contribution in [0.5, 0.6) is 0 Å². The number of nitrogens with zero attached hydrogens (tertiary/aromatic N) is 1. The van der Waals surface area contributed by atoms with E-state index in [1.807, 2.05) is 6.92 Å². The predicted octanol–water partition coefficient (Wildman–Crippen LogP) is 0.801. The smallest absolute Gasteiger partial charge is 0.0445 e. The Bertz CT molecular complexity index is 264. The molecule has 16 heavy (non-hydrogen) atoms. The van der Waals surface area contributed by atoms with Crippen LogP contribution in [0.3, 0.4) is 0 Å². The standard InChI is InChI=1S/C13H25N3/c1-4-5-6-8-15-13(10-14)7-9-16(11-13)12(2)3/h12,15H,6-11,14H2,1-3H3. The Morgan fingerprint density at radius 2 is 2.25 bits per heavy atom. The monoisotopic (exact) mass is 223 g/mol. The van der Waals surface area contributed by atoms with E-state index in [0.717, 1.165) is 39.0 Å². The lowest BCUT2D eigenvalue weighted by Crippen LogP contribution is -2.53. The van der Waals surface area contributed by atoms with Crippen LogP contribution in [0.15, 0.2) is 0 Å². The molecule has 0 bridgehead atoms. The summed E-state index contributed by atoms with van der Waals surface area (Å²) in [5.41, 5.74) is 6.05. The van der Waals surface area contributed by atoms with E-state index >= 15 is 0 Å². The van der Waals surface area contributed by atoms with Crippen molar-refractivity contribution in [1.29, 1.82) is 0 Å². The number of hydrogen-bond donors (Lipinski definition) is 2. The molecule has 1 fully saturated rings. The summed E-state index contributed by atoms with van der Waals surface area (Å²) in [5.74, 6) is 6.00. The van der Waals surface area contributed by atoms with Gasteiger partial charge < -0.3 is 11.1 Å². The Morgan fingerprint density at radius 3 is 2.75 bits per heavy atom. The Morgan fingerprint density at radius 1 is 1.50 bits per heavy atom. The van der Waals surface area contributed by atoms with E-state index in [2.05, 4.69) is 35.9 Å². The molecule has 0 aromatic rings. The highest BCUT2D eigenvalue weighted by molar-refractivity contribution is 5.01. The SMILES string of the molecule is CC#CCCNC1(CN)CCN(C(C)C)C1. The fraction of sp³-hybridized carbons (Fsp3) is 0.846. The van der Waals surface area contributed by atoms with Crippen molar-refractivity contribution in [2.24, 2.45) is 5.73 Å². The lowest BCUT2D eigenvalue weighted by Gasteiger charge is -2.30. The van der Waals surface area contributed by atoms with Gasteiger partial charge in [0, 0.05) is 44.2 Å². The molecule has 0 aliphatic carbocycles. The van der Waals surface area contributed by atoms with E-state index in [1.165, 1.54) is 0 Å². The summed E-state index contributed by atoms with van der Waals surface area (Å²) in [7, 11) is 0. The van der Waals surface area contributed by atoms with Gasteiger partial charge in [0.25, 0.3) is 0 Å². The molecule has 0 spiro atoms. The van der Waals surface area contributed by atoms with Gasteiger partial charge in [-0.3, -0.25) is 4.90 Å². The summed E-state index contributed by atoms with van der Waals surface area (Å²) in [6.45, 7) is 10.3. The fourth-order valence-corrected chi connectivity index (χ4v) is 2.24. The average molecular weight is 223 g/mol. The van der Waals surface area contributed by atoms with Crippen LogP contribution in [0.1, 0.15) is 33.6 Å². The van der Waals surface area contributed by atoms with Gasteiger partial charge in [-0.15, -0.1) is 11.8 Å². The van der Waals surface area contributed by atoms with Gasteiger partial charge in [-0.05, 0) is 27.2 Å². The van der Waals surface area contributed by atoms with Crippen molar-refractivity contribution in [3.8, 4) is 11.8 Å². The molecule has 0 aromatic carbocycles. The molecular formula is C13H25N3. The van der Waals surface area contributed by atoms with Crippen molar-refractivity contribution in [3.05, 3.63) is 0 Å². The maximum Gasteiger partial charge on any atom is 0.0445 e. The van der Waals surface area contributed by atoms with Gasteiger partial charge in [0.05, 0.1) is 0 Å². The van der Waals surface area contributed by atoms with Crippen LogP contribution in [0.4, 0.5) is 0 Å². The van der Waals surface area contributed by atoms with Crippen molar-refractivity contribution >= 4 is 0 Å². The van der Waals surface area contributed by atoms with Crippen LogP contribution in [0, 0.1) is 11.8 Å². The third kappa shape index (κ3) is 3.48. The van der Waals surface area contributed by atoms with Crippen molar-refractivity contribution in [3.63, 3.8) is 0 Å². The first-order valence-electron chi connectivity index (χ1n) is 6.22. The van der Waals surface area contributed by atoms with E-state index in [4.69, 9.17) is 5.73 Å². The molecule has 1 saturated heterocycles. The first-order valence-corrected chi connectivity index (χ1v) is 6.22. The highest BCUT2D eigenvalue weighted by Crippen LogP contribution is 2.22. The summed E-state index contributed by atoms with van der Waals surface area (Å²) < 4.78 is 0. The Labute approximate surface area is 99.8 Å². The first kappa shape index (κ1) is 13.5. The molecular weight excluding hydrogens is 198 g/mol. The van der Waals surface area contributed by atoms with Crippen LogP contribution < -0.4 is 11.1 Å². The van der Waals surface area contributed by atoms with Gasteiger partial charge >= 0.3 is 0 Å². The quantitative estimate of drug-likeness (QED) is 0.535. The molecule has 1 rings (SSSR count). The van der Waals surface area contributed by atoms with E-state index in [-0.39, 0.29) is 5.54 Å². The minimum absolute atomic E-state index is 0.125. The predicted molar refractivity (Wildman–Crippen MR) is 69.2 cm³/mol. The van der Waals surface area contributed by atoms with Crippen LogP contribution in [-0.4, -0.2) is 42.7 Å². The van der Waals surface area contributed by atoms with Crippen molar-refractivity contribution < 1.29 is 0 Å². The molecule has 0 aromatic heterocycles.